The van der Waals surface area contributed by atoms with Crippen molar-refractivity contribution in [1.82, 2.24) is 14.5 Å². The van der Waals surface area contributed by atoms with Gasteiger partial charge in [0.25, 0.3) is 0 Å². The number of aryl methyl sites for hydroxylation is 1. The fourth-order valence-electron chi connectivity index (χ4n) is 2.50. The number of ether oxygens (including phenoxy) is 1. The monoisotopic (exact) mass is 307 g/mol. The number of hydrogen-bond acceptors (Lipinski definition) is 5. The Labute approximate surface area is 127 Å². The number of likely N-dealkylation sites (tertiary alicyclic amines) is 1. The van der Waals surface area contributed by atoms with E-state index < -0.39 is 0 Å². The molecule has 21 heavy (non-hydrogen) atoms. The zero-order valence-electron chi connectivity index (χ0n) is 12.0. The van der Waals surface area contributed by atoms with Gasteiger partial charge in [-0.15, -0.1) is 5.10 Å². The molecule has 1 aliphatic heterocycles. The minimum absolute atomic E-state index is 0.0961. The molecule has 3 rings (SSSR count). The minimum Gasteiger partial charge on any atom is -0.487 e. The van der Waals surface area contributed by atoms with Crippen LogP contribution >= 0.6 is 11.5 Å². The lowest BCUT2D eigenvalue weighted by molar-refractivity contribution is 0.0939. The molecule has 1 aromatic carbocycles. The summed E-state index contributed by atoms with van der Waals surface area (Å²) in [4.78, 5) is 3.60. The van der Waals surface area contributed by atoms with E-state index in [9.17, 15) is 4.39 Å². The summed E-state index contributed by atoms with van der Waals surface area (Å²) in [5, 5.41) is 4.04. The topological polar surface area (TPSA) is 38.2 Å². The number of nitrogens with zero attached hydrogens (tertiary/aromatic N) is 3. The Kier molecular flexibility index (Phi) is 4.45. The molecule has 1 aliphatic rings. The second kappa shape index (κ2) is 6.49. The Balaban J connectivity index is 1.51. The van der Waals surface area contributed by atoms with E-state index in [4.69, 9.17) is 4.74 Å². The van der Waals surface area contributed by atoms with Crippen LogP contribution in [0.25, 0.3) is 0 Å². The van der Waals surface area contributed by atoms with E-state index >= 15 is 0 Å². The summed E-state index contributed by atoms with van der Waals surface area (Å²) in [5.41, 5.74) is 1.02. The third kappa shape index (κ3) is 3.57. The van der Waals surface area contributed by atoms with Crippen LogP contribution in [0.2, 0.25) is 0 Å². The molecular weight excluding hydrogens is 289 g/mol. The highest BCUT2D eigenvalue weighted by atomic mass is 32.1. The maximum atomic E-state index is 13.6. The molecule has 0 bridgehead atoms. The van der Waals surface area contributed by atoms with Gasteiger partial charge in [-0.1, -0.05) is 16.6 Å². The molecule has 0 unspecified atom stereocenters. The van der Waals surface area contributed by atoms with Crippen LogP contribution in [0.1, 0.15) is 23.4 Å². The van der Waals surface area contributed by atoms with Crippen molar-refractivity contribution in [1.29, 1.82) is 0 Å². The summed E-state index contributed by atoms with van der Waals surface area (Å²) >= 11 is 1.46. The summed E-state index contributed by atoms with van der Waals surface area (Å²) in [7, 11) is 0. The smallest absolute Gasteiger partial charge is 0.165 e. The minimum atomic E-state index is -0.286. The van der Waals surface area contributed by atoms with Crippen molar-refractivity contribution in [3.8, 4) is 5.75 Å². The van der Waals surface area contributed by atoms with Gasteiger partial charge in [0.15, 0.2) is 11.6 Å². The van der Waals surface area contributed by atoms with Crippen LogP contribution in [0.3, 0.4) is 0 Å². The summed E-state index contributed by atoms with van der Waals surface area (Å²) in [6.45, 7) is 4.80. The van der Waals surface area contributed by atoms with Crippen LogP contribution in [0.15, 0.2) is 24.3 Å². The molecule has 6 heteroatoms. The zero-order valence-corrected chi connectivity index (χ0v) is 12.8. The van der Waals surface area contributed by atoms with Gasteiger partial charge in [-0.05, 0) is 43.4 Å². The number of para-hydroxylation sites is 1. The predicted molar refractivity (Wildman–Crippen MR) is 80.0 cm³/mol. The lowest BCUT2D eigenvalue weighted by Crippen LogP contribution is -2.37. The van der Waals surface area contributed by atoms with E-state index in [0.29, 0.717) is 5.75 Å². The molecule has 0 radical (unpaired) electrons. The van der Waals surface area contributed by atoms with Crippen LogP contribution in [0.4, 0.5) is 4.39 Å². The number of aromatic nitrogens is 2. The molecule has 2 aromatic rings. The number of hydrogen-bond donors (Lipinski definition) is 0. The highest BCUT2D eigenvalue weighted by Gasteiger charge is 2.22. The highest BCUT2D eigenvalue weighted by molar-refractivity contribution is 7.05. The Morgan fingerprint density at radius 3 is 2.76 bits per heavy atom. The summed E-state index contributed by atoms with van der Waals surface area (Å²) in [6.07, 6.45) is 1.93. The van der Waals surface area contributed by atoms with Gasteiger partial charge in [0, 0.05) is 19.6 Å². The Morgan fingerprint density at radius 2 is 2.10 bits per heavy atom. The summed E-state index contributed by atoms with van der Waals surface area (Å²) < 4.78 is 23.3. The van der Waals surface area contributed by atoms with Gasteiger partial charge in [-0.3, -0.25) is 4.90 Å². The first-order valence-electron chi connectivity index (χ1n) is 7.14. The third-order valence-electron chi connectivity index (χ3n) is 3.78. The van der Waals surface area contributed by atoms with Crippen molar-refractivity contribution < 1.29 is 9.13 Å². The second-order valence-electron chi connectivity index (χ2n) is 5.31. The van der Waals surface area contributed by atoms with Crippen LogP contribution in [-0.4, -0.2) is 33.7 Å². The van der Waals surface area contributed by atoms with E-state index in [-0.39, 0.29) is 11.9 Å². The van der Waals surface area contributed by atoms with Gasteiger partial charge in [-0.25, -0.2) is 4.39 Å². The van der Waals surface area contributed by atoms with E-state index in [1.807, 2.05) is 6.92 Å². The molecule has 0 atom stereocenters. The summed E-state index contributed by atoms with van der Waals surface area (Å²) in [5.74, 6) is 0.0738. The molecule has 2 heterocycles. The molecular formula is C15H18FN3OS. The van der Waals surface area contributed by atoms with Crippen LogP contribution in [0, 0.1) is 12.7 Å². The van der Waals surface area contributed by atoms with Crippen molar-refractivity contribution in [3.05, 3.63) is 40.7 Å². The lowest BCUT2D eigenvalue weighted by atomic mass is 10.1. The van der Waals surface area contributed by atoms with Crippen LogP contribution in [0.5, 0.6) is 5.75 Å². The average molecular weight is 307 g/mol. The van der Waals surface area contributed by atoms with Gasteiger partial charge in [0.2, 0.25) is 0 Å². The number of halogens is 1. The Bertz CT molecular complexity index is 596. The highest BCUT2D eigenvalue weighted by Crippen LogP contribution is 2.23. The fourth-order valence-corrected chi connectivity index (χ4v) is 3.18. The van der Waals surface area contributed by atoms with E-state index in [1.54, 1.807) is 18.2 Å². The zero-order chi connectivity index (χ0) is 14.7. The first kappa shape index (κ1) is 14.4. The van der Waals surface area contributed by atoms with E-state index in [1.165, 1.54) is 22.5 Å². The van der Waals surface area contributed by atoms with E-state index in [2.05, 4.69) is 14.5 Å². The fraction of sp³-hybridized carbons (Fsp3) is 0.467. The van der Waals surface area contributed by atoms with E-state index in [0.717, 1.165) is 38.2 Å². The number of benzene rings is 1. The van der Waals surface area contributed by atoms with Gasteiger partial charge < -0.3 is 4.74 Å². The first-order chi connectivity index (χ1) is 10.2. The average Bonchev–Trinajstić information content (AvgIpc) is 2.89. The molecule has 1 saturated heterocycles. The molecule has 1 aromatic heterocycles. The van der Waals surface area contributed by atoms with Gasteiger partial charge in [0.1, 0.15) is 6.10 Å². The maximum Gasteiger partial charge on any atom is 0.165 e. The van der Waals surface area contributed by atoms with Crippen LogP contribution < -0.4 is 4.74 Å². The standard InChI is InChI=1S/C15H18FN3OS/c1-11-15(21-18-17-11)10-19-8-6-12(7-9-19)20-14-5-3-2-4-13(14)16/h2-5,12H,6-10H2,1H3. The quantitative estimate of drug-likeness (QED) is 0.870. The number of piperidine rings is 1. The van der Waals surface area contributed by atoms with Gasteiger partial charge in [-0.2, -0.15) is 0 Å². The number of rotatable bonds is 4. The maximum absolute atomic E-state index is 13.6. The molecule has 0 saturated carbocycles. The Hall–Kier alpha value is -1.53. The molecule has 0 amide bonds. The molecule has 4 nitrogen and oxygen atoms in total. The largest absolute Gasteiger partial charge is 0.487 e. The van der Waals surface area contributed by atoms with Crippen molar-refractivity contribution in [3.63, 3.8) is 0 Å². The second-order valence-corrected chi connectivity index (χ2v) is 6.14. The van der Waals surface area contributed by atoms with Crippen molar-refractivity contribution in [2.75, 3.05) is 13.1 Å². The van der Waals surface area contributed by atoms with Gasteiger partial charge in [0.05, 0.1) is 10.6 Å². The van der Waals surface area contributed by atoms with Gasteiger partial charge >= 0.3 is 0 Å². The van der Waals surface area contributed by atoms with Crippen molar-refractivity contribution in [2.45, 2.75) is 32.4 Å². The molecule has 0 spiro atoms. The first-order valence-corrected chi connectivity index (χ1v) is 7.91. The van der Waals surface area contributed by atoms with Crippen molar-refractivity contribution >= 4 is 11.5 Å². The normalized spacial score (nSPS) is 17.0. The molecule has 112 valence electrons. The SMILES string of the molecule is Cc1nnsc1CN1CCC(Oc2ccccc2F)CC1. The Morgan fingerprint density at radius 1 is 1.33 bits per heavy atom. The summed E-state index contributed by atoms with van der Waals surface area (Å²) in [6, 6.07) is 6.60. The molecule has 0 aliphatic carbocycles. The third-order valence-corrected chi connectivity index (χ3v) is 4.59. The lowest BCUT2D eigenvalue weighted by Gasteiger charge is -2.31. The molecule has 1 fully saturated rings. The molecule has 0 N–H and O–H groups in total. The predicted octanol–water partition coefficient (Wildman–Crippen LogP) is 3.03. The van der Waals surface area contributed by atoms with Crippen LogP contribution in [-0.2, 0) is 6.54 Å². The van der Waals surface area contributed by atoms with Crippen molar-refractivity contribution in [2.24, 2.45) is 0 Å².